The van der Waals surface area contributed by atoms with Gasteiger partial charge in [0.25, 0.3) is 0 Å². The standard InChI is InChI=1S/C3H2N3.ClH.Ni/c1-2-4-6-5-3-1;;/h1-2H;1H;/q-1;;+1/p-1. The monoisotopic (exact) mass is 173 g/mol. The predicted octanol–water partition coefficient (Wildman–Crippen LogP) is 0.359. The molecule has 1 rings (SSSR count). The first-order valence-corrected chi connectivity index (χ1v) is 2.98. The van der Waals surface area contributed by atoms with Gasteiger partial charge in [0, 0.05) is 0 Å². The van der Waals surface area contributed by atoms with Crippen molar-refractivity contribution in [2.24, 2.45) is 0 Å². The molecule has 0 N–H and O–H groups in total. The Morgan fingerprint density at radius 1 is 1.50 bits per heavy atom. The van der Waals surface area contributed by atoms with Gasteiger partial charge in [0.1, 0.15) is 0 Å². The van der Waals surface area contributed by atoms with Gasteiger partial charge in [0.05, 0.1) is 0 Å². The molecule has 0 aromatic carbocycles. The number of halogens is 1. The number of rotatable bonds is 0. The summed E-state index contributed by atoms with van der Waals surface area (Å²) < 4.78 is 0. The van der Waals surface area contributed by atoms with Gasteiger partial charge in [-0.25, -0.2) is 10.2 Å². The largest absolute Gasteiger partial charge is 0.247 e. The first kappa shape index (κ1) is 7.79. The molecular weight excluding hydrogens is 172 g/mol. The third kappa shape index (κ3) is 3.97. The van der Waals surface area contributed by atoms with Gasteiger partial charge in [-0.15, -0.1) is 6.20 Å². The molecule has 5 heteroatoms. The number of hydrogen-bond donors (Lipinski definition) is 0. The summed E-state index contributed by atoms with van der Waals surface area (Å²) >= 11 is 3.35. The fourth-order valence-electron chi connectivity index (χ4n) is 0.181. The van der Waals surface area contributed by atoms with E-state index in [1.165, 1.54) is 6.20 Å². The SMILES string of the molecule is [Cl][Ni].[c-]1ccnnn1. The topological polar surface area (TPSA) is 38.7 Å². The smallest absolute Gasteiger partial charge is 0.0849 e. The average molecular weight is 174 g/mol. The van der Waals surface area contributed by atoms with Gasteiger partial charge in [0.15, 0.2) is 0 Å². The van der Waals surface area contributed by atoms with Crippen molar-refractivity contribution in [1.82, 2.24) is 15.4 Å². The predicted molar refractivity (Wildman–Crippen MR) is 24.5 cm³/mol. The third-order valence-electron chi connectivity index (χ3n) is 0.370. The first-order chi connectivity index (χ1) is 4.00. The van der Waals surface area contributed by atoms with E-state index < -0.39 is 0 Å². The second-order valence-corrected chi connectivity index (χ2v) is 0.750. The van der Waals surface area contributed by atoms with E-state index in [1.807, 2.05) is 0 Å². The second-order valence-electron chi connectivity index (χ2n) is 0.750. The molecule has 1 aromatic heterocycles. The maximum absolute atomic E-state index is 4.26. The van der Waals surface area contributed by atoms with Gasteiger partial charge < -0.3 is 0 Å². The number of aromatic nitrogens is 3. The zero-order valence-corrected chi connectivity index (χ0v) is 5.43. The maximum atomic E-state index is 4.26. The Balaban J connectivity index is 0.000000222. The molecular formula is C3H2ClN3Ni-. The van der Waals surface area contributed by atoms with Crippen LogP contribution in [0.4, 0.5) is 0 Å². The minimum absolute atomic E-state index is 1.52. The third-order valence-corrected chi connectivity index (χ3v) is 0.370. The van der Waals surface area contributed by atoms with Gasteiger partial charge in [-0.2, -0.15) is 6.07 Å². The van der Waals surface area contributed by atoms with E-state index in [0.717, 1.165) is 0 Å². The average Bonchev–Trinajstić information content (AvgIpc) is 1.96. The Labute approximate surface area is 59.1 Å². The molecule has 0 bridgehead atoms. The summed E-state index contributed by atoms with van der Waals surface area (Å²) in [5, 5.41) is 9.92. The first-order valence-electron chi connectivity index (χ1n) is 1.62. The van der Waals surface area contributed by atoms with Crippen LogP contribution >= 0.6 is 10.2 Å². The summed E-state index contributed by atoms with van der Waals surface area (Å²) in [5.74, 6) is 0. The molecule has 0 unspecified atom stereocenters. The molecule has 47 valence electrons. The van der Waals surface area contributed by atoms with E-state index in [0.29, 0.717) is 0 Å². The second kappa shape index (κ2) is 6.79. The van der Waals surface area contributed by atoms with Crippen molar-refractivity contribution in [3.63, 3.8) is 0 Å². The summed E-state index contributed by atoms with van der Waals surface area (Å²) in [7, 11) is 4.26. The number of hydrogen-bond acceptors (Lipinski definition) is 3. The van der Waals surface area contributed by atoms with Crippen LogP contribution in [-0.4, -0.2) is 15.4 Å². The van der Waals surface area contributed by atoms with Crippen molar-refractivity contribution in [3.05, 3.63) is 18.5 Å². The molecule has 0 aliphatic rings. The van der Waals surface area contributed by atoms with Crippen LogP contribution in [0.15, 0.2) is 12.3 Å². The summed E-state index contributed by atoms with van der Waals surface area (Å²) in [6.45, 7) is 0. The van der Waals surface area contributed by atoms with Gasteiger partial charge in [-0.05, 0) is 0 Å². The van der Waals surface area contributed by atoms with E-state index in [-0.39, 0.29) is 0 Å². The Morgan fingerprint density at radius 2 is 2.25 bits per heavy atom. The Morgan fingerprint density at radius 3 is 2.38 bits per heavy atom. The molecule has 1 aromatic rings. The van der Waals surface area contributed by atoms with Crippen LogP contribution in [0.5, 0.6) is 0 Å². The van der Waals surface area contributed by atoms with Crippen LogP contribution in [0.25, 0.3) is 0 Å². The molecule has 3 nitrogen and oxygen atoms in total. The van der Waals surface area contributed by atoms with E-state index in [2.05, 4.69) is 46.4 Å². The molecule has 0 atom stereocenters. The van der Waals surface area contributed by atoms with Crippen LogP contribution < -0.4 is 0 Å². The van der Waals surface area contributed by atoms with Crippen LogP contribution in [-0.2, 0) is 14.6 Å². The van der Waals surface area contributed by atoms with Gasteiger partial charge in [-0.1, -0.05) is 11.4 Å². The fraction of sp³-hybridized carbons (Fsp3) is 0. The molecule has 0 radical (unpaired) electrons. The van der Waals surface area contributed by atoms with Crippen molar-refractivity contribution in [2.45, 2.75) is 0 Å². The van der Waals surface area contributed by atoms with Crippen LogP contribution in [0.2, 0.25) is 0 Å². The van der Waals surface area contributed by atoms with Crippen LogP contribution in [0, 0.1) is 6.20 Å². The van der Waals surface area contributed by atoms with Crippen molar-refractivity contribution in [2.75, 3.05) is 0 Å². The zero-order valence-electron chi connectivity index (χ0n) is 3.69. The van der Waals surface area contributed by atoms with Gasteiger partial charge in [0.2, 0.25) is 0 Å². The van der Waals surface area contributed by atoms with E-state index in [1.54, 1.807) is 6.07 Å². The normalized spacial score (nSPS) is 6.88. The molecule has 0 saturated heterocycles. The molecule has 0 saturated carbocycles. The molecule has 0 aliphatic carbocycles. The number of nitrogens with zero attached hydrogens (tertiary/aromatic N) is 3. The van der Waals surface area contributed by atoms with Crippen molar-refractivity contribution in [3.8, 4) is 0 Å². The van der Waals surface area contributed by atoms with E-state index in [9.17, 15) is 0 Å². The summed E-state index contributed by atoms with van der Waals surface area (Å²) in [6.07, 6.45) is 3.99. The van der Waals surface area contributed by atoms with Crippen molar-refractivity contribution < 1.29 is 14.6 Å². The summed E-state index contributed by atoms with van der Waals surface area (Å²) in [5.41, 5.74) is 0. The Kier molecular flexibility index (Phi) is 6.62. The summed E-state index contributed by atoms with van der Waals surface area (Å²) in [4.78, 5) is 0. The molecule has 0 spiro atoms. The van der Waals surface area contributed by atoms with Crippen LogP contribution in [0.1, 0.15) is 0 Å². The minimum Gasteiger partial charge on any atom is -0.247 e. The summed E-state index contributed by atoms with van der Waals surface area (Å²) in [6, 6.07) is 1.59. The Hall–Kier alpha value is -0.206. The van der Waals surface area contributed by atoms with Gasteiger partial charge in [-0.3, -0.25) is 0 Å². The maximum Gasteiger partial charge on any atom is -0.0849 e. The molecule has 0 amide bonds. The van der Waals surface area contributed by atoms with Crippen molar-refractivity contribution in [1.29, 1.82) is 0 Å². The van der Waals surface area contributed by atoms with Crippen LogP contribution in [0.3, 0.4) is 0 Å². The van der Waals surface area contributed by atoms with E-state index >= 15 is 0 Å². The van der Waals surface area contributed by atoms with E-state index in [4.69, 9.17) is 0 Å². The quantitative estimate of drug-likeness (QED) is 0.421. The Bertz CT molecular complexity index is 86.5. The fourth-order valence-corrected chi connectivity index (χ4v) is 0.181. The molecule has 0 aliphatic heterocycles. The molecule has 0 fully saturated rings. The minimum atomic E-state index is 1.52. The van der Waals surface area contributed by atoms with Gasteiger partial charge >= 0.3 is 24.8 Å². The molecule has 8 heavy (non-hydrogen) atoms. The van der Waals surface area contributed by atoms with Crippen molar-refractivity contribution >= 4 is 10.2 Å². The zero-order chi connectivity index (χ0) is 6.24. The molecule has 1 heterocycles.